The summed E-state index contributed by atoms with van der Waals surface area (Å²) in [6, 6.07) is 0. The van der Waals surface area contributed by atoms with Crippen molar-refractivity contribution >= 4 is 5.91 Å². The Morgan fingerprint density at radius 1 is 1.25 bits per heavy atom. The molecule has 88 valence electrons. The molecule has 0 N–H and O–H groups in total. The van der Waals surface area contributed by atoms with Gasteiger partial charge >= 0.3 is 0 Å². The standard InChI is InChI=1S/C14H21NO/c1-2-15-8-7-14(13(15)16,9-11-3-4-11)10-12-5-6-12/h2,11-12H,1,3-10H2. The number of carbonyl (C=O) groups is 1. The molecule has 2 nitrogen and oxygen atoms in total. The molecule has 0 aromatic heterocycles. The molecule has 3 aliphatic rings. The molecule has 1 saturated heterocycles. The minimum absolute atomic E-state index is 0.0104. The average Bonchev–Trinajstić information content (AvgIpc) is 3.14. The molecular weight excluding hydrogens is 198 g/mol. The number of hydrogen-bond acceptors (Lipinski definition) is 1. The summed E-state index contributed by atoms with van der Waals surface area (Å²) in [4.78, 5) is 14.3. The predicted molar refractivity (Wildman–Crippen MR) is 63.6 cm³/mol. The highest BCUT2D eigenvalue weighted by Gasteiger charge is 2.50. The van der Waals surface area contributed by atoms with Gasteiger partial charge in [0.15, 0.2) is 0 Å². The quantitative estimate of drug-likeness (QED) is 0.696. The molecule has 1 aliphatic heterocycles. The second kappa shape index (κ2) is 3.61. The van der Waals surface area contributed by atoms with E-state index in [-0.39, 0.29) is 5.41 Å². The third-order valence-corrected chi connectivity index (χ3v) is 4.52. The Bertz CT molecular complexity index is 301. The van der Waals surface area contributed by atoms with E-state index in [0.29, 0.717) is 5.91 Å². The van der Waals surface area contributed by atoms with Crippen LogP contribution in [0.25, 0.3) is 0 Å². The van der Waals surface area contributed by atoms with Gasteiger partial charge in [0.25, 0.3) is 0 Å². The number of amides is 1. The van der Waals surface area contributed by atoms with E-state index in [0.717, 1.165) is 37.6 Å². The van der Waals surface area contributed by atoms with Crippen molar-refractivity contribution in [1.29, 1.82) is 0 Å². The first-order valence-electron chi connectivity index (χ1n) is 6.67. The minimum Gasteiger partial charge on any atom is -0.319 e. The maximum absolute atomic E-state index is 12.4. The second-order valence-electron chi connectivity index (χ2n) is 6.01. The smallest absolute Gasteiger partial charge is 0.232 e. The van der Waals surface area contributed by atoms with Crippen molar-refractivity contribution in [2.75, 3.05) is 6.54 Å². The van der Waals surface area contributed by atoms with Gasteiger partial charge in [0.2, 0.25) is 5.91 Å². The highest BCUT2D eigenvalue weighted by Crippen LogP contribution is 2.52. The summed E-state index contributed by atoms with van der Waals surface area (Å²) in [6.45, 7) is 4.66. The van der Waals surface area contributed by atoms with Gasteiger partial charge in [0, 0.05) is 6.54 Å². The number of nitrogens with zero attached hydrogens (tertiary/aromatic N) is 1. The highest BCUT2D eigenvalue weighted by molar-refractivity contribution is 5.85. The van der Waals surface area contributed by atoms with Crippen LogP contribution < -0.4 is 0 Å². The maximum atomic E-state index is 12.4. The van der Waals surface area contributed by atoms with Crippen molar-refractivity contribution < 1.29 is 4.79 Å². The van der Waals surface area contributed by atoms with Crippen LogP contribution in [0.5, 0.6) is 0 Å². The summed E-state index contributed by atoms with van der Waals surface area (Å²) in [5.74, 6) is 2.08. The van der Waals surface area contributed by atoms with Crippen LogP contribution in [0.1, 0.15) is 44.9 Å². The summed E-state index contributed by atoms with van der Waals surface area (Å²) in [5, 5.41) is 0. The molecule has 3 fully saturated rings. The van der Waals surface area contributed by atoms with Gasteiger partial charge in [-0.15, -0.1) is 0 Å². The SMILES string of the molecule is C=CN1CCC(CC2CC2)(CC2CC2)C1=O. The lowest BCUT2D eigenvalue weighted by Gasteiger charge is -2.27. The molecule has 3 rings (SSSR count). The summed E-state index contributed by atoms with van der Waals surface area (Å²) < 4.78 is 0. The van der Waals surface area contributed by atoms with E-state index in [1.807, 2.05) is 4.90 Å². The Balaban J connectivity index is 1.76. The molecule has 0 aromatic rings. The van der Waals surface area contributed by atoms with Crippen LogP contribution in [0.2, 0.25) is 0 Å². The van der Waals surface area contributed by atoms with Crippen LogP contribution >= 0.6 is 0 Å². The summed E-state index contributed by atoms with van der Waals surface area (Å²) in [6.07, 6.45) is 10.5. The van der Waals surface area contributed by atoms with Crippen LogP contribution in [0.15, 0.2) is 12.8 Å². The van der Waals surface area contributed by atoms with Crippen LogP contribution in [-0.2, 0) is 4.79 Å². The fourth-order valence-electron chi connectivity index (χ4n) is 3.23. The molecule has 0 aromatic carbocycles. The van der Waals surface area contributed by atoms with Crippen LogP contribution in [0.3, 0.4) is 0 Å². The van der Waals surface area contributed by atoms with E-state index in [2.05, 4.69) is 6.58 Å². The largest absolute Gasteiger partial charge is 0.319 e. The molecule has 16 heavy (non-hydrogen) atoms. The molecule has 1 heterocycles. The molecule has 0 unspecified atom stereocenters. The van der Waals surface area contributed by atoms with E-state index >= 15 is 0 Å². The Morgan fingerprint density at radius 2 is 1.81 bits per heavy atom. The zero-order chi connectivity index (χ0) is 11.2. The molecule has 0 radical (unpaired) electrons. The van der Waals surface area contributed by atoms with Gasteiger partial charge in [0.05, 0.1) is 5.41 Å². The third kappa shape index (κ3) is 1.79. The third-order valence-electron chi connectivity index (χ3n) is 4.52. The van der Waals surface area contributed by atoms with E-state index < -0.39 is 0 Å². The Kier molecular flexibility index (Phi) is 2.34. The summed E-state index contributed by atoms with van der Waals surface area (Å²) >= 11 is 0. The molecule has 0 atom stereocenters. The van der Waals surface area contributed by atoms with Gasteiger partial charge in [-0.1, -0.05) is 32.3 Å². The first-order valence-corrected chi connectivity index (χ1v) is 6.67. The lowest BCUT2D eigenvalue weighted by Crippen LogP contribution is -2.33. The van der Waals surface area contributed by atoms with E-state index in [4.69, 9.17) is 0 Å². The maximum Gasteiger partial charge on any atom is 0.232 e. The van der Waals surface area contributed by atoms with Gasteiger partial charge in [-0.3, -0.25) is 4.79 Å². The van der Waals surface area contributed by atoms with Gasteiger partial charge in [-0.25, -0.2) is 0 Å². The molecule has 1 amide bonds. The molecule has 2 heteroatoms. The van der Waals surface area contributed by atoms with E-state index in [9.17, 15) is 4.79 Å². The fraction of sp³-hybridized carbons (Fsp3) is 0.786. The Morgan fingerprint density at radius 3 is 2.19 bits per heavy atom. The zero-order valence-electron chi connectivity index (χ0n) is 9.95. The van der Waals surface area contributed by atoms with Gasteiger partial charge in [0.1, 0.15) is 0 Å². The summed E-state index contributed by atoms with van der Waals surface area (Å²) in [5.41, 5.74) is 0.0104. The Hall–Kier alpha value is -0.790. The monoisotopic (exact) mass is 219 g/mol. The van der Waals surface area contributed by atoms with Crippen LogP contribution in [-0.4, -0.2) is 17.4 Å². The van der Waals surface area contributed by atoms with Crippen molar-refractivity contribution in [1.82, 2.24) is 4.90 Å². The Labute approximate surface area is 97.7 Å². The summed E-state index contributed by atoms with van der Waals surface area (Å²) in [7, 11) is 0. The number of carbonyl (C=O) groups excluding carboxylic acids is 1. The number of rotatable bonds is 5. The lowest BCUT2D eigenvalue weighted by atomic mass is 9.76. The van der Waals surface area contributed by atoms with E-state index in [1.54, 1.807) is 6.20 Å². The van der Waals surface area contributed by atoms with Crippen molar-refractivity contribution in [2.24, 2.45) is 17.3 Å². The minimum atomic E-state index is 0.0104. The molecule has 2 aliphatic carbocycles. The average molecular weight is 219 g/mol. The van der Waals surface area contributed by atoms with Gasteiger partial charge < -0.3 is 4.90 Å². The zero-order valence-corrected chi connectivity index (χ0v) is 9.95. The normalized spacial score (nSPS) is 28.5. The van der Waals surface area contributed by atoms with E-state index in [1.165, 1.54) is 25.7 Å². The number of hydrogen-bond donors (Lipinski definition) is 0. The number of likely N-dealkylation sites (tertiary alicyclic amines) is 1. The molecule has 2 saturated carbocycles. The van der Waals surface area contributed by atoms with Crippen molar-refractivity contribution in [2.45, 2.75) is 44.9 Å². The lowest BCUT2D eigenvalue weighted by molar-refractivity contribution is -0.135. The highest BCUT2D eigenvalue weighted by atomic mass is 16.2. The molecular formula is C14H21NO. The van der Waals surface area contributed by atoms with Crippen molar-refractivity contribution in [3.63, 3.8) is 0 Å². The predicted octanol–water partition coefficient (Wildman–Crippen LogP) is 2.95. The van der Waals surface area contributed by atoms with Crippen molar-refractivity contribution in [3.05, 3.63) is 12.8 Å². The second-order valence-corrected chi connectivity index (χ2v) is 6.01. The van der Waals surface area contributed by atoms with Gasteiger partial charge in [-0.05, 0) is 37.3 Å². The first kappa shape index (κ1) is 10.4. The van der Waals surface area contributed by atoms with Crippen LogP contribution in [0, 0.1) is 17.3 Å². The molecule has 0 spiro atoms. The first-order chi connectivity index (χ1) is 7.73. The van der Waals surface area contributed by atoms with Gasteiger partial charge in [-0.2, -0.15) is 0 Å². The van der Waals surface area contributed by atoms with Crippen LogP contribution in [0.4, 0.5) is 0 Å². The topological polar surface area (TPSA) is 20.3 Å². The fourth-order valence-corrected chi connectivity index (χ4v) is 3.23. The molecule has 0 bridgehead atoms. The van der Waals surface area contributed by atoms with Crippen molar-refractivity contribution in [3.8, 4) is 0 Å².